The fraction of sp³-hybridized carbons (Fsp3) is 0.562. The number of ether oxygens (including phenoxy) is 2. The van der Waals surface area contributed by atoms with Gasteiger partial charge in [-0.15, -0.1) is 0 Å². The van der Waals surface area contributed by atoms with Crippen LogP contribution in [0.3, 0.4) is 0 Å². The zero-order chi connectivity index (χ0) is 15.3. The van der Waals surface area contributed by atoms with E-state index in [1.807, 2.05) is 26.0 Å². The number of hydrogen-bond acceptors (Lipinski definition) is 3. The number of benzene rings is 1. The number of halogens is 1. The first-order valence-corrected chi connectivity index (χ1v) is 7.66. The minimum absolute atomic E-state index is 0.0809. The van der Waals surface area contributed by atoms with E-state index in [9.17, 15) is 4.79 Å². The van der Waals surface area contributed by atoms with E-state index in [1.54, 1.807) is 12.1 Å². The van der Waals surface area contributed by atoms with E-state index in [-0.39, 0.29) is 17.4 Å². The standard InChI is InChI=1S/C16H22ClNO3/c1-12(21-14-5-3-13(17)4-6-14)11-18-15(19)16(2)7-9-20-10-8-16/h3-6,12H,7-11H2,1-2H3,(H,18,19)/t12-/m1/s1. The van der Waals surface area contributed by atoms with Crippen LogP contribution in [0.2, 0.25) is 5.02 Å². The molecule has 0 aliphatic carbocycles. The second kappa shape index (κ2) is 7.14. The number of carbonyl (C=O) groups is 1. The van der Waals surface area contributed by atoms with Crippen LogP contribution in [0.25, 0.3) is 0 Å². The maximum Gasteiger partial charge on any atom is 0.226 e. The lowest BCUT2D eigenvalue weighted by atomic mass is 9.81. The number of amides is 1. The average Bonchev–Trinajstić information content (AvgIpc) is 2.48. The molecule has 1 aliphatic heterocycles. The summed E-state index contributed by atoms with van der Waals surface area (Å²) in [5.41, 5.74) is -0.321. The molecule has 21 heavy (non-hydrogen) atoms. The molecule has 4 nitrogen and oxygen atoms in total. The molecule has 5 heteroatoms. The highest BCUT2D eigenvalue weighted by Crippen LogP contribution is 2.29. The highest BCUT2D eigenvalue weighted by Gasteiger charge is 2.35. The lowest BCUT2D eigenvalue weighted by molar-refractivity contribution is -0.135. The molecule has 0 radical (unpaired) electrons. The number of nitrogens with one attached hydrogen (secondary N) is 1. The smallest absolute Gasteiger partial charge is 0.226 e. The van der Waals surface area contributed by atoms with Gasteiger partial charge >= 0.3 is 0 Å². The van der Waals surface area contributed by atoms with Crippen molar-refractivity contribution < 1.29 is 14.3 Å². The van der Waals surface area contributed by atoms with Crippen LogP contribution in [-0.2, 0) is 9.53 Å². The fourth-order valence-corrected chi connectivity index (χ4v) is 2.41. The molecule has 1 aromatic rings. The average molecular weight is 312 g/mol. The van der Waals surface area contributed by atoms with Crippen LogP contribution in [0.4, 0.5) is 0 Å². The highest BCUT2D eigenvalue weighted by atomic mass is 35.5. The summed E-state index contributed by atoms with van der Waals surface area (Å²) >= 11 is 5.83. The van der Waals surface area contributed by atoms with Gasteiger partial charge in [0.05, 0.1) is 12.0 Å². The summed E-state index contributed by atoms with van der Waals surface area (Å²) in [6.07, 6.45) is 1.44. The van der Waals surface area contributed by atoms with Gasteiger partial charge in [-0.05, 0) is 44.0 Å². The lowest BCUT2D eigenvalue weighted by Gasteiger charge is -2.32. The first-order chi connectivity index (χ1) is 9.99. The fourth-order valence-electron chi connectivity index (χ4n) is 2.29. The van der Waals surface area contributed by atoms with E-state index >= 15 is 0 Å². The zero-order valence-corrected chi connectivity index (χ0v) is 13.3. The molecular weight excluding hydrogens is 290 g/mol. The molecule has 0 spiro atoms. The third-order valence-electron chi connectivity index (χ3n) is 3.85. The Morgan fingerprint density at radius 3 is 2.62 bits per heavy atom. The van der Waals surface area contributed by atoms with Crippen LogP contribution in [0.5, 0.6) is 5.75 Å². The third kappa shape index (κ3) is 4.61. The van der Waals surface area contributed by atoms with Gasteiger partial charge in [-0.2, -0.15) is 0 Å². The Morgan fingerprint density at radius 1 is 1.38 bits per heavy atom. The number of carbonyl (C=O) groups excluding carboxylic acids is 1. The molecule has 1 amide bonds. The molecule has 2 rings (SSSR count). The van der Waals surface area contributed by atoms with Crippen molar-refractivity contribution >= 4 is 17.5 Å². The highest BCUT2D eigenvalue weighted by molar-refractivity contribution is 6.30. The normalized spacial score (nSPS) is 18.8. The van der Waals surface area contributed by atoms with Crippen LogP contribution in [0.15, 0.2) is 24.3 Å². The maximum absolute atomic E-state index is 12.3. The van der Waals surface area contributed by atoms with E-state index in [0.29, 0.717) is 24.8 Å². The summed E-state index contributed by atoms with van der Waals surface area (Å²) in [6, 6.07) is 7.21. The molecule has 1 aliphatic rings. The van der Waals surface area contributed by atoms with Crippen molar-refractivity contribution in [2.75, 3.05) is 19.8 Å². The number of hydrogen-bond donors (Lipinski definition) is 1. The van der Waals surface area contributed by atoms with Crippen molar-refractivity contribution in [3.05, 3.63) is 29.3 Å². The van der Waals surface area contributed by atoms with Crippen molar-refractivity contribution in [3.63, 3.8) is 0 Å². The summed E-state index contributed by atoms with van der Waals surface area (Å²) in [7, 11) is 0. The van der Waals surface area contributed by atoms with Gasteiger partial charge in [0.2, 0.25) is 5.91 Å². The minimum atomic E-state index is -0.321. The first-order valence-electron chi connectivity index (χ1n) is 7.28. The quantitative estimate of drug-likeness (QED) is 0.909. The van der Waals surface area contributed by atoms with Crippen LogP contribution in [0.1, 0.15) is 26.7 Å². The molecule has 0 aromatic heterocycles. The SMILES string of the molecule is C[C@H](CNC(=O)C1(C)CCOCC1)Oc1ccc(Cl)cc1. The van der Waals surface area contributed by atoms with Gasteiger partial charge < -0.3 is 14.8 Å². The lowest BCUT2D eigenvalue weighted by Crippen LogP contribution is -2.45. The van der Waals surface area contributed by atoms with Crippen LogP contribution < -0.4 is 10.1 Å². The zero-order valence-electron chi connectivity index (χ0n) is 12.5. The van der Waals surface area contributed by atoms with Gasteiger partial charge in [-0.3, -0.25) is 4.79 Å². The van der Waals surface area contributed by atoms with Gasteiger partial charge in [0.25, 0.3) is 0 Å². The second-order valence-electron chi connectivity index (χ2n) is 5.77. The van der Waals surface area contributed by atoms with E-state index < -0.39 is 0 Å². The predicted molar refractivity (Wildman–Crippen MR) is 82.7 cm³/mol. The van der Waals surface area contributed by atoms with Crippen LogP contribution in [0, 0.1) is 5.41 Å². The van der Waals surface area contributed by atoms with E-state index in [2.05, 4.69) is 5.32 Å². The summed E-state index contributed by atoms with van der Waals surface area (Å²) in [5, 5.41) is 3.66. The third-order valence-corrected chi connectivity index (χ3v) is 4.10. The van der Waals surface area contributed by atoms with Gasteiger partial charge in [0, 0.05) is 18.2 Å². The molecule has 1 N–H and O–H groups in total. The molecule has 1 heterocycles. The second-order valence-corrected chi connectivity index (χ2v) is 6.20. The Morgan fingerprint density at radius 2 is 2.00 bits per heavy atom. The van der Waals surface area contributed by atoms with Crippen molar-refractivity contribution in [2.24, 2.45) is 5.41 Å². The Bertz CT molecular complexity index is 469. The summed E-state index contributed by atoms with van der Waals surface area (Å²) < 4.78 is 11.1. The largest absolute Gasteiger partial charge is 0.489 e. The Kier molecular flexibility index (Phi) is 5.48. The van der Waals surface area contributed by atoms with Gasteiger partial charge in [0.1, 0.15) is 11.9 Å². The molecule has 0 bridgehead atoms. The van der Waals surface area contributed by atoms with E-state index in [0.717, 1.165) is 18.6 Å². The monoisotopic (exact) mass is 311 g/mol. The summed E-state index contributed by atoms with van der Waals surface area (Å²) in [4.78, 5) is 12.3. The maximum atomic E-state index is 12.3. The Balaban J connectivity index is 1.79. The van der Waals surface area contributed by atoms with Crippen LogP contribution in [-0.4, -0.2) is 31.8 Å². The predicted octanol–water partition coefficient (Wildman–Crippen LogP) is 3.04. The molecular formula is C16H22ClNO3. The van der Waals surface area contributed by atoms with E-state index in [4.69, 9.17) is 21.1 Å². The van der Waals surface area contributed by atoms with E-state index in [1.165, 1.54) is 0 Å². The molecule has 1 aromatic carbocycles. The van der Waals surface area contributed by atoms with Gasteiger partial charge in [0.15, 0.2) is 0 Å². The van der Waals surface area contributed by atoms with Crippen molar-refractivity contribution in [2.45, 2.75) is 32.8 Å². The molecule has 0 unspecified atom stereocenters. The molecule has 0 saturated carbocycles. The molecule has 1 saturated heterocycles. The minimum Gasteiger partial charge on any atom is -0.489 e. The van der Waals surface area contributed by atoms with Crippen molar-refractivity contribution in [1.82, 2.24) is 5.32 Å². The van der Waals surface area contributed by atoms with Crippen LogP contribution >= 0.6 is 11.6 Å². The van der Waals surface area contributed by atoms with Crippen molar-refractivity contribution in [1.29, 1.82) is 0 Å². The number of rotatable bonds is 5. The topological polar surface area (TPSA) is 47.6 Å². The summed E-state index contributed by atoms with van der Waals surface area (Å²) in [5.74, 6) is 0.829. The Labute approximate surface area is 130 Å². The molecule has 1 fully saturated rings. The van der Waals surface area contributed by atoms with Gasteiger partial charge in [-0.1, -0.05) is 18.5 Å². The Hall–Kier alpha value is -1.26. The summed E-state index contributed by atoms with van der Waals surface area (Å²) in [6.45, 7) is 5.72. The van der Waals surface area contributed by atoms with Crippen molar-refractivity contribution in [3.8, 4) is 5.75 Å². The molecule has 116 valence electrons. The molecule has 1 atom stereocenters. The van der Waals surface area contributed by atoms with Gasteiger partial charge in [-0.25, -0.2) is 0 Å². The first kappa shape index (κ1) is 16.1.